The van der Waals surface area contributed by atoms with Crippen LogP contribution >= 0.6 is 0 Å². The van der Waals surface area contributed by atoms with Gasteiger partial charge >= 0.3 is 0 Å². The first-order chi connectivity index (χ1) is 10.7. The Balaban J connectivity index is 1.65. The van der Waals surface area contributed by atoms with Crippen molar-refractivity contribution in [1.82, 2.24) is 10.5 Å². The lowest BCUT2D eigenvalue weighted by Crippen LogP contribution is -2.42. The highest BCUT2D eigenvalue weighted by atomic mass is 16.5. The molecule has 1 amide bonds. The van der Waals surface area contributed by atoms with Crippen LogP contribution in [0.5, 0.6) is 0 Å². The molecule has 0 aliphatic heterocycles. The number of hydrogen-bond acceptors (Lipinski definition) is 4. The van der Waals surface area contributed by atoms with E-state index in [1.807, 2.05) is 36.4 Å². The zero-order valence-electron chi connectivity index (χ0n) is 12.2. The molecule has 5 heteroatoms. The van der Waals surface area contributed by atoms with Gasteiger partial charge in [0.25, 0.3) is 5.91 Å². The lowest BCUT2D eigenvalue weighted by atomic mass is 9.91. The molecule has 5 nitrogen and oxygen atoms in total. The average molecular weight is 298 g/mol. The maximum Gasteiger partial charge on any atom is 0.273 e. The number of carbonyl (C=O) groups is 1. The molecule has 114 valence electrons. The number of aliphatic hydroxyl groups is 1. The van der Waals surface area contributed by atoms with E-state index in [0.29, 0.717) is 12.2 Å². The summed E-state index contributed by atoms with van der Waals surface area (Å²) in [6.45, 7) is 0.176. The molecule has 2 aromatic rings. The number of nitrogens with zero attached hydrogens (tertiary/aromatic N) is 1. The van der Waals surface area contributed by atoms with Crippen LogP contribution in [-0.4, -0.2) is 28.3 Å². The normalized spacial score (nSPS) is 20.8. The van der Waals surface area contributed by atoms with E-state index < -0.39 is 5.60 Å². The number of rotatable bonds is 4. The zero-order chi connectivity index (χ0) is 15.4. The molecule has 0 bridgehead atoms. The van der Waals surface area contributed by atoms with Crippen LogP contribution in [-0.2, 0) is 0 Å². The first-order valence-electron chi connectivity index (χ1n) is 7.37. The maximum absolute atomic E-state index is 12.1. The van der Waals surface area contributed by atoms with E-state index in [2.05, 4.69) is 10.5 Å². The molecule has 0 saturated heterocycles. The standard InChI is InChI=1S/C17H18N2O3/c20-16(18-12-17(21)9-5-2-6-10-17)14-11-15(22-19-14)13-7-3-1-4-8-13/h1,3-5,7-9,11,21H,2,6,10,12H2,(H,18,20)/t17-/m1/s1. The predicted molar refractivity (Wildman–Crippen MR) is 82.2 cm³/mol. The fourth-order valence-corrected chi connectivity index (χ4v) is 2.50. The Hall–Kier alpha value is -2.40. The van der Waals surface area contributed by atoms with Crippen LogP contribution in [0.3, 0.4) is 0 Å². The SMILES string of the molecule is O=C(NC[C@@]1(O)C=CCCC1)c1cc(-c2ccccc2)on1. The van der Waals surface area contributed by atoms with Crippen LogP contribution in [0.25, 0.3) is 11.3 Å². The lowest BCUT2D eigenvalue weighted by molar-refractivity contribution is 0.0656. The molecule has 0 fully saturated rings. The summed E-state index contributed by atoms with van der Waals surface area (Å²) in [5.74, 6) is 0.195. The minimum Gasteiger partial charge on any atom is -0.384 e. The monoisotopic (exact) mass is 298 g/mol. The highest BCUT2D eigenvalue weighted by Gasteiger charge is 2.26. The minimum absolute atomic E-state index is 0.176. The van der Waals surface area contributed by atoms with Gasteiger partial charge in [-0.25, -0.2) is 0 Å². The van der Waals surface area contributed by atoms with Gasteiger partial charge in [-0.05, 0) is 19.3 Å². The van der Waals surface area contributed by atoms with Crippen molar-refractivity contribution in [3.05, 3.63) is 54.2 Å². The van der Waals surface area contributed by atoms with Crippen molar-refractivity contribution in [1.29, 1.82) is 0 Å². The Kier molecular flexibility index (Phi) is 4.06. The van der Waals surface area contributed by atoms with E-state index in [0.717, 1.165) is 18.4 Å². The van der Waals surface area contributed by atoms with Crippen molar-refractivity contribution in [3.63, 3.8) is 0 Å². The zero-order valence-corrected chi connectivity index (χ0v) is 12.2. The van der Waals surface area contributed by atoms with Crippen molar-refractivity contribution in [2.75, 3.05) is 6.54 Å². The van der Waals surface area contributed by atoms with Gasteiger partial charge in [0.1, 0.15) is 0 Å². The number of nitrogens with one attached hydrogen (secondary N) is 1. The second kappa shape index (κ2) is 6.15. The number of carbonyl (C=O) groups excluding carboxylic acids is 1. The summed E-state index contributed by atoms with van der Waals surface area (Å²) in [5.41, 5.74) is 0.116. The van der Waals surface area contributed by atoms with Crippen molar-refractivity contribution in [3.8, 4) is 11.3 Å². The van der Waals surface area contributed by atoms with Gasteiger partial charge in [0.15, 0.2) is 11.5 Å². The smallest absolute Gasteiger partial charge is 0.273 e. The van der Waals surface area contributed by atoms with Gasteiger partial charge in [0.05, 0.1) is 12.1 Å². The van der Waals surface area contributed by atoms with Gasteiger partial charge in [-0.2, -0.15) is 0 Å². The summed E-state index contributed by atoms with van der Waals surface area (Å²) >= 11 is 0. The number of hydrogen-bond donors (Lipinski definition) is 2. The Labute approximate surface area is 128 Å². The molecule has 0 unspecified atom stereocenters. The molecule has 0 saturated carbocycles. The molecule has 1 aromatic heterocycles. The minimum atomic E-state index is -0.958. The Morgan fingerprint density at radius 1 is 1.36 bits per heavy atom. The third-order valence-electron chi connectivity index (χ3n) is 3.76. The van der Waals surface area contributed by atoms with E-state index in [1.54, 1.807) is 12.1 Å². The van der Waals surface area contributed by atoms with Crippen molar-refractivity contribution >= 4 is 5.91 Å². The molecule has 1 aromatic carbocycles. The molecule has 1 aliphatic carbocycles. The summed E-state index contributed by atoms with van der Waals surface area (Å²) in [4.78, 5) is 12.1. The molecule has 1 heterocycles. The van der Waals surface area contributed by atoms with Crippen LogP contribution in [0.15, 0.2) is 53.1 Å². The van der Waals surface area contributed by atoms with Crippen LogP contribution in [0.1, 0.15) is 29.8 Å². The topological polar surface area (TPSA) is 75.4 Å². The number of benzene rings is 1. The number of allylic oxidation sites excluding steroid dienone is 1. The van der Waals surface area contributed by atoms with Gasteiger partial charge in [-0.15, -0.1) is 0 Å². The van der Waals surface area contributed by atoms with Gasteiger partial charge in [-0.3, -0.25) is 4.79 Å². The lowest BCUT2D eigenvalue weighted by Gasteiger charge is -2.27. The van der Waals surface area contributed by atoms with E-state index in [-0.39, 0.29) is 18.1 Å². The van der Waals surface area contributed by atoms with E-state index in [9.17, 15) is 9.90 Å². The molecule has 22 heavy (non-hydrogen) atoms. The number of amides is 1. The third-order valence-corrected chi connectivity index (χ3v) is 3.76. The largest absolute Gasteiger partial charge is 0.384 e. The third kappa shape index (κ3) is 3.26. The van der Waals surface area contributed by atoms with E-state index in [1.165, 1.54) is 0 Å². The second-order valence-corrected chi connectivity index (χ2v) is 5.52. The summed E-state index contributed by atoms with van der Waals surface area (Å²) in [7, 11) is 0. The van der Waals surface area contributed by atoms with Crippen LogP contribution in [0.2, 0.25) is 0 Å². The second-order valence-electron chi connectivity index (χ2n) is 5.52. The summed E-state index contributed by atoms with van der Waals surface area (Å²) in [6, 6.07) is 11.1. The molecule has 1 atom stereocenters. The number of aromatic nitrogens is 1. The Morgan fingerprint density at radius 3 is 2.91 bits per heavy atom. The fourth-order valence-electron chi connectivity index (χ4n) is 2.50. The Morgan fingerprint density at radius 2 is 2.18 bits per heavy atom. The van der Waals surface area contributed by atoms with Crippen molar-refractivity contribution < 1.29 is 14.4 Å². The van der Waals surface area contributed by atoms with Crippen LogP contribution in [0.4, 0.5) is 0 Å². The van der Waals surface area contributed by atoms with Crippen molar-refractivity contribution in [2.24, 2.45) is 0 Å². The quantitative estimate of drug-likeness (QED) is 0.851. The molecule has 2 N–H and O–H groups in total. The van der Waals surface area contributed by atoms with E-state index in [4.69, 9.17) is 4.52 Å². The van der Waals surface area contributed by atoms with Gasteiger partial charge < -0.3 is 14.9 Å². The van der Waals surface area contributed by atoms with Gasteiger partial charge in [-0.1, -0.05) is 47.6 Å². The summed E-state index contributed by atoms with van der Waals surface area (Å²) in [6.07, 6.45) is 6.25. The molecule has 3 rings (SSSR count). The predicted octanol–water partition coefficient (Wildman–Crippen LogP) is 2.54. The first kappa shape index (κ1) is 14.5. The van der Waals surface area contributed by atoms with Gasteiger partial charge in [0.2, 0.25) is 0 Å². The first-order valence-corrected chi connectivity index (χ1v) is 7.37. The summed E-state index contributed by atoms with van der Waals surface area (Å²) < 4.78 is 5.20. The highest BCUT2D eigenvalue weighted by Crippen LogP contribution is 2.22. The molecular weight excluding hydrogens is 280 g/mol. The van der Waals surface area contributed by atoms with E-state index >= 15 is 0 Å². The molecule has 0 radical (unpaired) electrons. The van der Waals surface area contributed by atoms with Crippen LogP contribution in [0, 0.1) is 0 Å². The average Bonchev–Trinajstić information content (AvgIpc) is 3.04. The highest BCUT2D eigenvalue weighted by molar-refractivity contribution is 5.93. The maximum atomic E-state index is 12.1. The molecule has 1 aliphatic rings. The molecule has 0 spiro atoms. The van der Waals surface area contributed by atoms with Crippen molar-refractivity contribution in [2.45, 2.75) is 24.9 Å². The fraction of sp³-hybridized carbons (Fsp3) is 0.294. The Bertz CT molecular complexity index is 678. The summed E-state index contributed by atoms with van der Waals surface area (Å²) in [5, 5.41) is 16.8. The van der Waals surface area contributed by atoms with Gasteiger partial charge in [0, 0.05) is 11.6 Å². The molecular formula is C17H18N2O3. The van der Waals surface area contributed by atoms with Crippen LogP contribution < -0.4 is 5.32 Å².